The first-order valence-electron chi connectivity index (χ1n) is 5.79. The molecule has 0 aliphatic carbocycles. The molecule has 80 valence electrons. The van der Waals surface area contributed by atoms with Crippen LogP contribution < -0.4 is 5.32 Å². The third-order valence-corrected chi connectivity index (χ3v) is 3.49. The van der Waals surface area contributed by atoms with E-state index in [-0.39, 0.29) is 5.91 Å². The maximum absolute atomic E-state index is 11.3. The molecule has 1 atom stereocenters. The van der Waals surface area contributed by atoms with Crippen LogP contribution in [0.1, 0.15) is 32.6 Å². The molecule has 14 heavy (non-hydrogen) atoms. The lowest BCUT2D eigenvalue weighted by atomic mass is 9.94. The zero-order chi connectivity index (χ0) is 9.97. The molecule has 1 unspecified atom stereocenters. The molecule has 3 saturated heterocycles. The number of piperidine rings is 1. The lowest BCUT2D eigenvalue weighted by Crippen LogP contribution is -2.41. The van der Waals surface area contributed by atoms with Crippen molar-refractivity contribution in [1.82, 2.24) is 10.2 Å². The summed E-state index contributed by atoms with van der Waals surface area (Å²) in [5.41, 5.74) is 0. The van der Waals surface area contributed by atoms with Crippen LogP contribution in [-0.2, 0) is 4.79 Å². The molecule has 3 fully saturated rings. The third kappa shape index (κ3) is 2.27. The van der Waals surface area contributed by atoms with Gasteiger partial charge in [0.2, 0.25) is 5.91 Å². The molecular weight excluding hydrogens is 176 g/mol. The van der Waals surface area contributed by atoms with E-state index < -0.39 is 0 Å². The van der Waals surface area contributed by atoms with Gasteiger partial charge in [0.05, 0.1) is 0 Å². The molecule has 3 heteroatoms. The predicted molar refractivity (Wildman–Crippen MR) is 56.0 cm³/mol. The minimum absolute atomic E-state index is 0.206. The molecule has 0 saturated carbocycles. The molecule has 3 rings (SSSR count). The average Bonchev–Trinajstić information content (AvgIpc) is 2.49. The summed E-state index contributed by atoms with van der Waals surface area (Å²) in [4.78, 5) is 13.8. The number of carbonyl (C=O) groups excluding carboxylic acids is 1. The summed E-state index contributed by atoms with van der Waals surface area (Å²) >= 11 is 0. The highest BCUT2D eigenvalue weighted by atomic mass is 16.1. The maximum Gasteiger partial charge on any atom is 0.219 e. The Bertz CT molecular complexity index is 195. The van der Waals surface area contributed by atoms with Gasteiger partial charge in [0.1, 0.15) is 0 Å². The van der Waals surface area contributed by atoms with E-state index in [1.807, 2.05) is 6.92 Å². The van der Waals surface area contributed by atoms with Gasteiger partial charge < -0.3 is 10.2 Å². The van der Waals surface area contributed by atoms with E-state index in [2.05, 4.69) is 10.2 Å². The van der Waals surface area contributed by atoms with Crippen LogP contribution in [-0.4, -0.2) is 36.5 Å². The first kappa shape index (κ1) is 9.97. The zero-order valence-electron chi connectivity index (χ0n) is 8.96. The normalized spacial score (nSPS) is 36.5. The highest BCUT2D eigenvalue weighted by Crippen LogP contribution is 2.26. The van der Waals surface area contributed by atoms with Gasteiger partial charge in [-0.25, -0.2) is 0 Å². The fourth-order valence-electron chi connectivity index (χ4n) is 2.63. The largest absolute Gasteiger partial charge is 0.352 e. The van der Waals surface area contributed by atoms with Crippen molar-refractivity contribution in [3.05, 3.63) is 0 Å². The molecule has 3 heterocycles. The molecule has 2 bridgehead atoms. The number of nitrogens with zero attached hydrogens (tertiary/aromatic N) is 1. The van der Waals surface area contributed by atoms with E-state index in [9.17, 15) is 4.79 Å². The van der Waals surface area contributed by atoms with E-state index in [1.165, 1.54) is 32.4 Å². The van der Waals surface area contributed by atoms with Gasteiger partial charge in [-0.15, -0.1) is 0 Å². The fourth-order valence-corrected chi connectivity index (χ4v) is 2.63. The SMILES string of the molecule is CCC(=O)NC1CC2CCN(CC2)C1. The average molecular weight is 196 g/mol. The molecule has 3 nitrogen and oxygen atoms in total. The molecule has 0 radical (unpaired) electrons. The van der Waals surface area contributed by atoms with Gasteiger partial charge in [0.15, 0.2) is 0 Å². The summed E-state index contributed by atoms with van der Waals surface area (Å²) in [6.45, 7) is 5.47. The summed E-state index contributed by atoms with van der Waals surface area (Å²) in [5, 5.41) is 3.13. The van der Waals surface area contributed by atoms with Gasteiger partial charge in [-0.1, -0.05) is 6.92 Å². The summed E-state index contributed by atoms with van der Waals surface area (Å²) in [5.74, 6) is 1.06. The van der Waals surface area contributed by atoms with Gasteiger partial charge in [-0.2, -0.15) is 0 Å². The summed E-state index contributed by atoms with van der Waals surface area (Å²) in [7, 11) is 0. The molecule has 0 aromatic rings. The van der Waals surface area contributed by atoms with Crippen molar-refractivity contribution in [2.45, 2.75) is 38.6 Å². The van der Waals surface area contributed by atoms with Crippen LogP contribution in [0.5, 0.6) is 0 Å². The molecule has 0 aromatic carbocycles. The van der Waals surface area contributed by atoms with Gasteiger partial charge in [0.25, 0.3) is 0 Å². The number of hydrogen-bond acceptors (Lipinski definition) is 2. The quantitative estimate of drug-likeness (QED) is 0.714. The second-order valence-corrected chi connectivity index (χ2v) is 4.60. The lowest BCUT2D eigenvalue weighted by Gasteiger charge is -2.26. The third-order valence-electron chi connectivity index (χ3n) is 3.49. The fraction of sp³-hybridized carbons (Fsp3) is 0.909. The Balaban J connectivity index is 1.90. The van der Waals surface area contributed by atoms with Crippen LogP contribution in [0.2, 0.25) is 0 Å². The van der Waals surface area contributed by atoms with Gasteiger partial charge in [-0.3, -0.25) is 4.79 Å². The molecule has 0 aromatic heterocycles. The van der Waals surface area contributed by atoms with E-state index in [1.54, 1.807) is 0 Å². The summed E-state index contributed by atoms with van der Waals surface area (Å²) in [6, 6.07) is 0.414. The smallest absolute Gasteiger partial charge is 0.219 e. The van der Waals surface area contributed by atoms with Crippen LogP contribution >= 0.6 is 0 Å². The van der Waals surface area contributed by atoms with Crippen molar-refractivity contribution in [2.24, 2.45) is 5.92 Å². The van der Waals surface area contributed by atoms with Crippen LogP contribution in [0.25, 0.3) is 0 Å². The van der Waals surface area contributed by atoms with E-state index in [0.717, 1.165) is 12.5 Å². The van der Waals surface area contributed by atoms with E-state index in [4.69, 9.17) is 0 Å². The lowest BCUT2D eigenvalue weighted by molar-refractivity contribution is -0.121. The molecule has 1 N–H and O–H groups in total. The monoisotopic (exact) mass is 196 g/mol. The Morgan fingerprint density at radius 3 is 2.79 bits per heavy atom. The highest BCUT2D eigenvalue weighted by molar-refractivity contribution is 5.75. The van der Waals surface area contributed by atoms with Crippen molar-refractivity contribution in [2.75, 3.05) is 19.6 Å². The van der Waals surface area contributed by atoms with Crippen LogP contribution in [0.15, 0.2) is 0 Å². The Hall–Kier alpha value is -0.570. The molecule has 1 amide bonds. The summed E-state index contributed by atoms with van der Waals surface area (Å²) < 4.78 is 0. The van der Waals surface area contributed by atoms with Crippen molar-refractivity contribution in [1.29, 1.82) is 0 Å². The first-order chi connectivity index (χ1) is 6.78. The zero-order valence-corrected chi connectivity index (χ0v) is 8.96. The van der Waals surface area contributed by atoms with Crippen molar-refractivity contribution >= 4 is 5.91 Å². The molecular formula is C11H20N2O. The number of rotatable bonds is 2. The Morgan fingerprint density at radius 2 is 2.14 bits per heavy atom. The number of carbonyl (C=O) groups is 1. The second-order valence-electron chi connectivity index (χ2n) is 4.60. The Morgan fingerprint density at radius 1 is 1.43 bits per heavy atom. The van der Waals surface area contributed by atoms with Crippen LogP contribution in [0.3, 0.4) is 0 Å². The standard InChI is InChI=1S/C11H20N2O/c1-2-11(14)12-10-7-9-3-5-13(8-10)6-4-9/h9-10H,2-8H2,1H3,(H,12,14). The minimum Gasteiger partial charge on any atom is -0.352 e. The Labute approximate surface area is 85.8 Å². The number of fused-ring (bicyclic) bond motifs is 4. The molecule has 0 spiro atoms. The van der Waals surface area contributed by atoms with Crippen LogP contribution in [0, 0.1) is 5.92 Å². The van der Waals surface area contributed by atoms with E-state index >= 15 is 0 Å². The van der Waals surface area contributed by atoms with Crippen molar-refractivity contribution in [3.63, 3.8) is 0 Å². The van der Waals surface area contributed by atoms with Gasteiger partial charge in [-0.05, 0) is 38.3 Å². The second kappa shape index (κ2) is 4.30. The minimum atomic E-state index is 0.206. The predicted octanol–water partition coefficient (Wildman–Crippen LogP) is 0.997. The summed E-state index contributed by atoms with van der Waals surface area (Å²) in [6.07, 6.45) is 4.47. The van der Waals surface area contributed by atoms with E-state index in [0.29, 0.717) is 12.5 Å². The number of hydrogen-bond donors (Lipinski definition) is 1. The van der Waals surface area contributed by atoms with Gasteiger partial charge >= 0.3 is 0 Å². The van der Waals surface area contributed by atoms with Crippen molar-refractivity contribution < 1.29 is 4.79 Å². The molecule has 3 aliphatic rings. The number of nitrogens with one attached hydrogen (secondary N) is 1. The number of amides is 1. The topological polar surface area (TPSA) is 32.3 Å². The molecule has 3 aliphatic heterocycles. The maximum atomic E-state index is 11.3. The highest BCUT2D eigenvalue weighted by Gasteiger charge is 2.29. The Kier molecular flexibility index (Phi) is 3.06. The van der Waals surface area contributed by atoms with Crippen molar-refractivity contribution in [3.8, 4) is 0 Å². The first-order valence-corrected chi connectivity index (χ1v) is 5.79. The van der Waals surface area contributed by atoms with Gasteiger partial charge in [0, 0.05) is 19.0 Å². The van der Waals surface area contributed by atoms with Crippen LogP contribution in [0.4, 0.5) is 0 Å².